The summed E-state index contributed by atoms with van der Waals surface area (Å²) in [6.07, 6.45) is 1.82. The van der Waals surface area contributed by atoms with Crippen LogP contribution >= 0.6 is 15.9 Å². The summed E-state index contributed by atoms with van der Waals surface area (Å²) in [6.45, 7) is 2.81. The lowest BCUT2D eigenvalue weighted by Gasteiger charge is -2.09. The SMILES string of the molecule is COc1ccc(CNc2cc(C)ccc2Br)cn1. The maximum Gasteiger partial charge on any atom is 0.212 e. The summed E-state index contributed by atoms with van der Waals surface area (Å²) in [5.41, 5.74) is 3.43. The number of ether oxygens (including phenoxy) is 1. The number of hydrogen-bond acceptors (Lipinski definition) is 3. The molecular formula is C14H15BrN2O. The van der Waals surface area contributed by atoms with Crippen molar-refractivity contribution in [2.45, 2.75) is 13.5 Å². The summed E-state index contributed by atoms with van der Waals surface area (Å²) in [4.78, 5) is 4.18. The van der Waals surface area contributed by atoms with Gasteiger partial charge >= 0.3 is 0 Å². The van der Waals surface area contributed by atoms with E-state index in [4.69, 9.17) is 4.74 Å². The lowest BCUT2D eigenvalue weighted by atomic mass is 10.2. The molecule has 0 atom stereocenters. The number of nitrogens with one attached hydrogen (secondary N) is 1. The fourth-order valence-corrected chi connectivity index (χ4v) is 1.99. The molecule has 1 N–H and O–H groups in total. The third-order valence-corrected chi connectivity index (χ3v) is 3.30. The van der Waals surface area contributed by atoms with Gasteiger partial charge in [0.1, 0.15) is 0 Å². The van der Waals surface area contributed by atoms with Crippen LogP contribution < -0.4 is 10.1 Å². The molecule has 2 aromatic rings. The minimum atomic E-state index is 0.635. The number of pyridine rings is 1. The summed E-state index contributed by atoms with van der Waals surface area (Å²) >= 11 is 3.53. The van der Waals surface area contributed by atoms with Crippen LogP contribution in [-0.4, -0.2) is 12.1 Å². The zero-order valence-electron chi connectivity index (χ0n) is 10.4. The zero-order valence-corrected chi connectivity index (χ0v) is 12.0. The molecular weight excluding hydrogens is 292 g/mol. The van der Waals surface area contributed by atoms with E-state index in [-0.39, 0.29) is 0 Å². The molecule has 94 valence electrons. The van der Waals surface area contributed by atoms with Gasteiger partial charge in [0, 0.05) is 29.0 Å². The Morgan fingerprint density at radius 1 is 1.28 bits per heavy atom. The molecule has 0 aliphatic rings. The Hall–Kier alpha value is -1.55. The van der Waals surface area contributed by atoms with Crippen LogP contribution in [0.3, 0.4) is 0 Å². The molecule has 1 aromatic heterocycles. The molecule has 1 heterocycles. The predicted molar refractivity (Wildman–Crippen MR) is 77.0 cm³/mol. The summed E-state index contributed by atoms with van der Waals surface area (Å²) in [6, 6.07) is 10.1. The van der Waals surface area contributed by atoms with E-state index in [2.05, 4.69) is 45.3 Å². The lowest BCUT2D eigenvalue weighted by molar-refractivity contribution is 0.397. The van der Waals surface area contributed by atoms with E-state index >= 15 is 0 Å². The highest BCUT2D eigenvalue weighted by Gasteiger charge is 2.00. The minimum absolute atomic E-state index is 0.635. The van der Waals surface area contributed by atoms with E-state index in [1.807, 2.05) is 24.4 Å². The molecule has 0 aliphatic heterocycles. The molecule has 0 fully saturated rings. The van der Waals surface area contributed by atoms with Crippen molar-refractivity contribution < 1.29 is 4.74 Å². The van der Waals surface area contributed by atoms with Crippen LogP contribution in [0, 0.1) is 6.92 Å². The van der Waals surface area contributed by atoms with Gasteiger partial charge in [-0.15, -0.1) is 0 Å². The van der Waals surface area contributed by atoms with E-state index in [0.717, 1.165) is 22.3 Å². The first-order chi connectivity index (χ1) is 8.69. The third kappa shape index (κ3) is 3.23. The first-order valence-corrected chi connectivity index (χ1v) is 6.47. The van der Waals surface area contributed by atoms with Crippen LogP contribution in [0.1, 0.15) is 11.1 Å². The van der Waals surface area contributed by atoms with Crippen LogP contribution in [0.5, 0.6) is 5.88 Å². The number of benzene rings is 1. The van der Waals surface area contributed by atoms with Crippen molar-refractivity contribution in [3.05, 3.63) is 52.1 Å². The number of halogens is 1. The van der Waals surface area contributed by atoms with Crippen molar-refractivity contribution in [2.75, 3.05) is 12.4 Å². The third-order valence-electron chi connectivity index (χ3n) is 2.61. The number of hydrogen-bond donors (Lipinski definition) is 1. The van der Waals surface area contributed by atoms with Gasteiger partial charge in [0.05, 0.1) is 7.11 Å². The molecule has 0 bridgehead atoms. The average molecular weight is 307 g/mol. The molecule has 3 nitrogen and oxygen atoms in total. The number of nitrogens with zero attached hydrogens (tertiary/aromatic N) is 1. The van der Waals surface area contributed by atoms with Crippen LogP contribution in [0.25, 0.3) is 0 Å². The maximum atomic E-state index is 5.03. The maximum absolute atomic E-state index is 5.03. The Labute approximate surface area is 115 Å². The summed E-state index contributed by atoms with van der Waals surface area (Å²) < 4.78 is 6.09. The first kappa shape index (κ1) is 12.9. The van der Waals surface area contributed by atoms with Gasteiger partial charge in [-0.25, -0.2) is 4.98 Å². The van der Waals surface area contributed by atoms with Crippen LogP contribution in [0.4, 0.5) is 5.69 Å². The number of methoxy groups -OCH3 is 1. The van der Waals surface area contributed by atoms with Gasteiger partial charge in [0.2, 0.25) is 5.88 Å². The first-order valence-electron chi connectivity index (χ1n) is 5.68. The van der Waals surface area contributed by atoms with E-state index < -0.39 is 0 Å². The number of aromatic nitrogens is 1. The Balaban J connectivity index is 2.04. The normalized spacial score (nSPS) is 10.2. The molecule has 2 rings (SSSR count). The Morgan fingerprint density at radius 3 is 2.78 bits per heavy atom. The number of rotatable bonds is 4. The molecule has 0 spiro atoms. The molecule has 0 amide bonds. The highest BCUT2D eigenvalue weighted by atomic mass is 79.9. The summed E-state index contributed by atoms with van der Waals surface area (Å²) in [5, 5.41) is 3.38. The fraction of sp³-hybridized carbons (Fsp3) is 0.214. The second-order valence-corrected chi connectivity index (χ2v) is 4.90. The molecule has 18 heavy (non-hydrogen) atoms. The van der Waals surface area contributed by atoms with E-state index in [1.54, 1.807) is 7.11 Å². The Bertz CT molecular complexity index is 526. The van der Waals surface area contributed by atoms with Crippen LogP contribution in [-0.2, 0) is 6.54 Å². The van der Waals surface area contributed by atoms with Gasteiger partial charge in [-0.1, -0.05) is 12.1 Å². The predicted octanol–water partition coefficient (Wildman–Crippen LogP) is 3.77. The molecule has 0 radical (unpaired) electrons. The van der Waals surface area contributed by atoms with Crippen molar-refractivity contribution in [1.82, 2.24) is 4.98 Å². The second kappa shape index (κ2) is 5.87. The monoisotopic (exact) mass is 306 g/mol. The van der Waals surface area contributed by atoms with Crippen molar-refractivity contribution in [1.29, 1.82) is 0 Å². The Kier molecular flexibility index (Phi) is 4.20. The van der Waals surface area contributed by atoms with Crippen LogP contribution in [0.15, 0.2) is 41.0 Å². The van der Waals surface area contributed by atoms with Gasteiger partial charge in [0.15, 0.2) is 0 Å². The number of aryl methyl sites for hydroxylation is 1. The van der Waals surface area contributed by atoms with Crippen LogP contribution in [0.2, 0.25) is 0 Å². The lowest BCUT2D eigenvalue weighted by Crippen LogP contribution is -2.01. The van der Waals surface area contributed by atoms with Gasteiger partial charge in [-0.05, 0) is 46.1 Å². The van der Waals surface area contributed by atoms with Gasteiger partial charge in [-0.3, -0.25) is 0 Å². The molecule has 4 heteroatoms. The topological polar surface area (TPSA) is 34.1 Å². The van der Waals surface area contributed by atoms with Crippen molar-refractivity contribution in [2.24, 2.45) is 0 Å². The van der Waals surface area contributed by atoms with Gasteiger partial charge in [-0.2, -0.15) is 0 Å². The summed E-state index contributed by atoms with van der Waals surface area (Å²) in [7, 11) is 1.62. The van der Waals surface area contributed by atoms with Gasteiger partial charge < -0.3 is 10.1 Å². The van der Waals surface area contributed by atoms with E-state index in [9.17, 15) is 0 Å². The van der Waals surface area contributed by atoms with E-state index in [0.29, 0.717) is 5.88 Å². The fourth-order valence-electron chi connectivity index (χ4n) is 1.61. The standard InChI is InChI=1S/C14H15BrN2O/c1-10-3-5-12(15)13(7-10)16-8-11-4-6-14(18-2)17-9-11/h3-7,9,16H,8H2,1-2H3. The molecule has 0 saturated carbocycles. The van der Waals surface area contributed by atoms with Crippen molar-refractivity contribution >= 4 is 21.6 Å². The highest BCUT2D eigenvalue weighted by Crippen LogP contribution is 2.23. The Morgan fingerprint density at radius 2 is 2.11 bits per heavy atom. The van der Waals surface area contributed by atoms with Crippen molar-refractivity contribution in [3.63, 3.8) is 0 Å². The van der Waals surface area contributed by atoms with Crippen molar-refractivity contribution in [3.8, 4) is 5.88 Å². The molecule has 0 aliphatic carbocycles. The zero-order chi connectivity index (χ0) is 13.0. The molecule has 0 unspecified atom stereocenters. The van der Waals surface area contributed by atoms with Gasteiger partial charge in [0.25, 0.3) is 0 Å². The quantitative estimate of drug-likeness (QED) is 0.933. The van der Waals surface area contributed by atoms with E-state index in [1.165, 1.54) is 5.56 Å². The minimum Gasteiger partial charge on any atom is -0.481 e. The highest BCUT2D eigenvalue weighted by molar-refractivity contribution is 9.10. The average Bonchev–Trinajstić information content (AvgIpc) is 2.40. The number of anilines is 1. The molecule has 0 saturated heterocycles. The largest absolute Gasteiger partial charge is 0.481 e. The smallest absolute Gasteiger partial charge is 0.212 e. The second-order valence-electron chi connectivity index (χ2n) is 4.05. The molecule has 1 aromatic carbocycles. The summed E-state index contributed by atoms with van der Waals surface area (Å²) in [5.74, 6) is 0.635.